The van der Waals surface area contributed by atoms with E-state index in [2.05, 4.69) is 0 Å². The Morgan fingerprint density at radius 1 is 1.53 bits per heavy atom. The third-order valence-corrected chi connectivity index (χ3v) is 3.12. The van der Waals surface area contributed by atoms with Crippen molar-refractivity contribution in [2.45, 2.75) is 11.3 Å². The summed E-state index contributed by atoms with van der Waals surface area (Å²) in [5.74, 6) is -0.412. The van der Waals surface area contributed by atoms with Crippen LogP contribution in [0.3, 0.4) is 0 Å². The third-order valence-electron chi connectivity index (χ3n) is 1.71. The highest BCUT2D eigenvalue weighted by molar-refractivity contribution is 7.99. The quantitative estimate of drug-likeness (QED) is 0.640. The van der Waals surface area contributed by atoms with Crippen molar-refractivity contribution < 1.29 is 14.3 Å². The molecule has 0 heterocycles. The van der Waals surface area contributed by atoms with E-state index >= 15 is 0 Å². The number of aromatic carboxylic acids is 1. The highest BCUT2D eigenvalue weighted by Crippen LogP contribution is 2.25. The Hall–Kier alpha value is -0.740. The lowest BCUT2D eigenvalue weighted by molar-refractivity contribution is 0.0697. The summed E-state index contributed by atoms with van der Waals surface area (Å²) in [6, 6.07) is 4.79. The molecule has 0 atom stereocenters. The van der Waals surface area contributed by atoms with Crippen LogP contribution in [0.2, 0.25) is 5.02 Å². The van der Waals surface area contributed by atoms with Crippen LogP contribution >= 0.6 is 23.4 Å². The van der Waals surface area contributed by atoms with Gasteiger partial charge in [-0.25, -0.2) is 4.79 Å². The van der Waals surface area contributed by atoms with Crippen LogP contribution in [0.15, 0.2) is 23.1 Å². The van der Waals surface area contributed by atoms with Gasteiger partial charge in [-0.2, -0.15) is 0 Å². The van der Waals surface area contributed by atoms with Gasteiger partial charge in [0.15, 0.2) is 0 Å². The molecule has 0 radical (unpaired) electrons. The molecule has 0 saturated carbocycles. The molecule has 1 aromatic rings. The first kappa shape index (κ1) is 12.3. The Kier molecular flexibility index (Phi) is 4.91. The predicted octanol–water partition coefficient (Wildman–Crippen LogP) is 3.49. The van der Waals surface area contributed by atoms with Crippen molar-refractivity contribution in [2.24, 2.45) is 0 Å². The molecule has 5 heteroatoms. The zero-order valence-electron chi connectivity index (χ0n) is 7.87. The summed E-state index contributed by atoms with van der Waals surface area (Å²) in [5.41, 5.74) is 0.0851. The van der Waals surface area contributed by atoms with Crippen molar-refractivity contribution in [2.75, 3.05) is 12.4 Å². The van der Waals surface area contributed by atoms with E-state index in [-0.39, 0.29) is 17.3 Å². The SMILES string of the molecule is O=C(O)c1cc(SCCCF)ccc1Cl. The predicted molar refractivity (Wildman–Crippen MR) is 59.7 cm³/mol. The number of benzene rings is 1. The lowest BCUT2D eigenvalue weighted by atomic mass is 10.2. The van der Waals surface area contributed by atoms with Crippen LogP contribution in [0.1, 0.15) is 16.8 Å². The minimum absolute atomic E-state index is 0.0851. The standard InChI is InChI=1S/C10H10ClFO2S/c11-9-3-2-7(15-5-1-4-12)6-8(9)10(13)14/h2-3,6H,1,4-5H2,(H,13,14). The van der Waals surface area contributed by atoms with Gasteiger partial charge in [0.05, 0.1) is 17.3 Å². The van der Waals surface area contributed by atoms with Gasteiger partial charge in [-0.1, -0.05) is 11.6 Å². The fraction of sp³-hybridized carbons (Fsp3) is 0.300. The second kappa shape index (κ2) is 5.98. The van der Waals surface area contributed by atoms with Crippen molar-refractivity contribution in [3.05, 3.63) is 28.8 Å². The second-order valence-electron chi connectivity index (χ2n) is 2.84. The monoisotopic (exact) mass is 248 g/mol. The number of halogens is 2. The number of alkyl halides is 1. The van der Waals surface area contributed by atoms with Gasteiger partial charge >= 0.3 is 5.97 Å². The maximum atomic E-state index is 11.8. The largest absolute Gasteiger partial charge is 0.478 e. The molecule has 1 aromatic carbocycles. The normalized spacial score (nSPS) is 10.3. The van der Waals surface area contributed by atoms with E-state index in [1.54, 1.807) is 12.1 Å². The molecule has 0 saturated heterocycles. The summed E-state index contributed by atoms with van der Waals surface area (Å²) in [5, 5.41) is 9.03. The van der Waals surface area contributed by atoms with Gasteiger partial charge in [0, 0.05) is 10.6 Å². The molecule has 82 valence electrons. The summed E-state index contributed by atoms with van der Waals surface area (Å²) < 4.78 is 11.8. The van der Waals surface area contributed by atoms with Gasteiger partial charge < -0.3 is 5.11 Å². The van der Waals surface area contributed by atoms with E-state index in [4.69, 9.17) is 16.7 Å². The zero-order chi connectivity index (χ0) is 11.3. The van der Waals surface area contributed by atoms with Crippen molar-refractivity contribution in [1.82, 2.24) is 0 Å². The maximum absolute atomic E-state index is 11.8. The number of hydrogen-bond donors (Lipinski definition) is 1. The summed E-state index contributed by atoms with van der Waals surface area (Å²) in [4.78, 5) is 11.5. The smallest absolute Gasteiger partial charge is 0.337 e. The van der Waals surface area contributed by atoms with Gasteiger partial charge in [0.25, 0.3) is 0 Å². The summed E-state index contributed by atoms with van der Waals surface area (Å²) in [6.07, 6.45) is 0.468. The van der Waals surface area contributed by atoms with Crippen LogP contribution < -0.4 is 0 Å². The van der Waals surface area contributed by atoms with E-state index in [0.717, 1.165) is 4.90 Å². The third kappa shape index (κ3) is 3.72. The average molecular weight is 249 g/mol. The zero-order valence-corrected chi connectivity index (χ0v) is 9.45. The van der Waals surface area contributed by atoms with E-state index in [9.17, 15) is 9.18 Å². The second-order valence-corrected chi connectivity index (χ2v) is 4.41. The average Bonchev–Trinajstić information content (AvgIpc) is 2.20. The van der Waals surface area contributed by atoms with Gasteiger partial charge in [0.2, 0.25) is 0 Å². The molecule has 0 fully saturated rings. The number of rotatable bonds is 5. The van der Waals surface area contributed by atoms with Crippen LogP contribution in [-0.2, 0) is 0 Å². The molecule has 0 aliphatic carbocycles. The van der Waals surface area contributed by atoms with E-state index in [1.165, 1.54) is 17.8 Å². The molecule has 0 bridgehead atoms. The first-order valence-electron chi connectivity index (χ1n) is 4.36. The van der Waals surface area contributed by atoms with Gasteiger partial charge in [-0.3, -0.25) is 4.39 Å². The minimum Gasteiger partial charge on any atom is -0.478 e. The molecule has 2 nitrogen and oxygen atoms in total. The number of thioether (sulfide) groups is 1. The summed E-state index contributed by atoms with van der Waals surface area (Å²) in [7, 11) is 0. The van der Waals surface area contributed by atoms with Crippen LogP contribution in [0.5, 0.6) is 0 Å². The van der Waals surface area contributed by atoms with Crippen molar-refractivity contribution in [3.8, 4) is 0 Å². The Bertz CT molecular complexity index is 357. The minimum atomic E-state index is -1.05. The first-order chi connectivity index (χ1) is 7.15. The molecular formula is C10H10ClFO2S. The van der Waals surface area contributed by atoms with E-state index < -0.39 is 5.97 Å². The summed E-state index contributed by atoms with van der Waals surface area (Å²) >= 11 is 7.13. The molecule has 1 N–H and O–H groups in total. The lowest BCUT2D eigenvalue weighted by Gasteiger charge is -2.03. The highest BCUT2D eigenvalue weighted by Gasteiger charge is 2.09. The maximum Gasteiger partial charge on any atom is 0.337 e. The van der Waals surface area contributed by atoms with E-state index in [0.29, 0.717) is 12.2 Å². The number of carbonyl (C=O) groups is 1. The number of carboxylic acid groups (broad SMARTS) is 1. The van der Waals surface area contributed by atoms with Gasteiger partial charge in [0.1, 0.15) is 0 Å². The molecule has 0 amide bonds. The van der Waals surface area contributed by atoms with Crippen LogP contribution in [0, 0.1) is 0 Å². The molecule has 0 aromatic heterocycles. The molecule has 1 rings (SSSR count). The Morgan fingerprint density at radius 3 is 2.87 bits per heavy atom. The number of carboxylic acids is 1. The first-order valence-corrected chi connectivity index (χ1v) is 5.73. The molecule has 15 heavy (non-hydrogen) atoms. The molecule has 0 aliphatic rings. The Labute approximate surface area is 96.4 Å². The van der Waals surface area contributed by atoms with Crippen LogP contribution in [0.4, 0.5) is 4.39 Å². The Balaban J connectivity index is 2.74. The van der Waals surface area contributed by atoms with Crippen LogP contribution in [-0.4, -0.2) is 23.5 Å². The van der Waals surface area contributed by atoms with Gasteiger partial charge in [-0.15, -0.1) is 11.8 Å². The van der Waals surface area contributed by atoms with Crippen molar-refractivity contribution in [1.29, 1.82) is 0 Å². The van der Waals surface area contributed by atoms with Crippen LogP contribution in [0.25, 0.3) is 0 Å². The highest BCUT2D eigenvalue weighted by atomic mass is 35.5. The lowest BCUT2D eigenvalue weighted by Crippen LogP contribution is -1.97. The van der Waals surface area contributed by atoms with Gasteiger partial charge in [-0.05, 0) is 24.6 Å². The van der Waals surface area contributed by atoms with E-state index in [1.807, 2.05) is 0 Å². The summed E-state index contributed by atoms with van der Waals surface area (Å²) in [6.45, 7) is -0.355. The molecule has 0 spiro atoms. The number of hydrogen-bond acceptors (Lipinski definition) is 2. The fourth-order valence-corrected chi connectivity index (χ4v) is 2.06. The fourth-order valence-electron chi connectivity index (χ4n) is 1.00. The molecule has 0 aliphatic heterocycles. The molecule has 0 unspecified atom stereocenters. The topological polar surface area (TPSA) is 37.3 Å². The Morgan fingerprint density at radius 2 is 2.27 bits per heavy atom. The molecular weight excluding hydrogens is 239 g/mol. The van der Waals surface area contributed by atoms with Crippen molar-refractivity contribution in [3.63, 3.8) is 0 Å². The van der Waals surface area contributed by atoms with Crippen molar-refractivity contribution >= 4 is 29.3 Å².